The fourth-order valence-corrected chi connectivity index (χ4v) is 5.17. The molecular weight excluding hydrogens is 458 g/mol. The summed E-state index contributed by atoms with van der Waals surface area (Å²) in [5.74, 6) is 0.563. The van der Waals surface area contributed by atoms with E-state index < -0.39 is 0 Å². The van der Waals surface area contributed by atoms with Gasteiger partial charge in [0.2, 0.25) is 0 Å². The lowest BCUT2D eigenvalue weighted by Crippen LogP contribution is -2.46. The van der Waals surface area contributed by atoms with E-state index in [9.17, 15) is 4.79 Å². The molecule has 0 atom stereocenters. The van der Waals surface area contributed by atoms with E-state index in [0.29, 0.717) is 28.4 Å². The number of carbonyl (C=O) groups excluding carboxylic acids is 1. The maximum absolute atomic E-state index is 13.0. The Morgan fingerprint density at radius 2 is 2.00 bits per heavy atom. The highest BCUT2D eigenvalue weighted by Gasteiger charge is 2.27. The zero-order chi connectivity index (χ0) is 23.8. The largest absolute Gasteiger partial charge is 0.355 e. The van der Waals surface area contributed by atoms with Crippen molar-refractivity contribution in [1.82, 2.24) is 25.2 Å². The first kappa shape index (κ1) is 24.0. The number of halogens is 1. The van der Waals surface area contributed by atoms with Gasteiger partial charge in [-0.1, -0.05) is 37.5 Å². The Balaban J connectivity index is 1.48. The fraction of sp³-hybridized carbons (Fsp3) is 0.542. The Bertz CT molecular complexity index is 1100. The second-order valence-corrected chi connectivity index (χ2v) is 11.7. The number of nitrogens with one attached hydrogen (secondary N) is 1. The van der Waals surface area contributed by atoms with Gasteiger partial charge < -0.3 is 14.7 Å². The summed E-state index contributed by atoms with van der Waals surface area (Å²) >= 11 is 7.49. The topological polar surface area (TPSA) is 76.2 Å². The van der Waals surface area contributed by atoms with Crippen LogP contribution in [0.4, 0.5) is 0 Å². The van der Waals surface area contributed by atoms with Crippen molar-refractivity contribution in [2.45, 2.75) is 71.5 Å². The molecule has 0 radical (unpaired) electrons. The lowest BCUT2D eigenvalue weighted by molar-refractivity contribution is 0.0895. The van der Waals surface area contributed by atoms with Crippen molar-refractivity contribution >= 4 is 28.8 Å². The molecule has 3 aromatic rings. The van der Waals surface area contributed by atoms with E-state index in [0.717, 1.165) is 42.2 Å². The van der Waals surface area contributed by atoms with Crippen LogP contribution in [-0.4, -0.2) is 50.9 Å². The van der Waals surface area contributed by atoms with Gasteiger partial charge in [0.1, 0.15) is 11.4 Å². The van der Waals surface area contributed by atoms with Crippen molar-refractivity contribution in [2.24, 2.45) is 0 Å². The number of hydrogen-bond acceptors (Lipinski definition) is 6. The van der Waals surface area contributed by atoms with E-state index in [2.05, 4.69) is 55.1 Å². The van der Waals surface area contributed by atoms with Gasteiger partial charge in [-0.05, 0) is 44.9 Å². The minimum atomic E-state index is -0.179. The summed E-state index contributed by atoms with van der Waals surface area (Å²) in [5.41, 5.74) is 1.99. The van der Waals surface area contributed by atoms with E-state index in [4.69, 9.17) is 16.1 Å². The summed E-state index contributed by atoms with van der Waals surface area (Å²) < 4.78 is 8.08. The highest BCUT2D eigenvalue weighted by molar-refractivity contribution is 7.19. The van der Waals surface area contributed by atoms with Crippen LogP contribution in [0.25, 0.3) is 10.6 Å². The van der Waals surface area contributed by atoms with Gasteiger partial charge in [0, 0.05) is 42.3 Å². The van der Waals surface area contributed by atoms with Crippen molar-refractivity contribution in [2.75, 3.05) is 13.1 Å². The molecule has 0 bridgehead atoms. The average Bonchev–Trinajstić information content (AvgIpc) is 3.48. The van der Waals surface area contributed by atoms with Crippen LogP contribution in [0.5, 0.6) is 0 Å². The number of hydrogen-bond donors (Lipinski definition) is 1. The quantitative estimate of drug-likeness (QED) is 0.515. The number of piperidine rings is 1. The van der Waals surface area contributed by atoms with Crippen molar-refractivity contribution in [3.8, 4) is 10.6 Å². The zero-order valence-corrected chi connectivity index (χ0v) is 21.5. The Morgan fingerprint density at radius 3 is 2.61 bits per heavy atom. The Hall–Kier alpha value is -2.16. The molecule has 0 aliphatic carbocycles. The molecule has 3 aromatic heterocycles. The van der Waals surface area contributed by atoms with Crippen molar-refractivity contribution in [1.29, 1.82) is 0 Å². The molecule has 4 rings (SSSR count). The third-order valence-electron chi connectivity index (χ3n) is 6.06. The highest BCUT2D eigenvalue weighted by atomic mass is 35.5. The summed E-state index contributed by atoms with van der Waals surface area (Å²) in [7, 11) is 0. The van der Waals surface area contributed by atoms with Crippen LogP contribution in [0.3, 0.4) is 0 Å². The summed E-state index contributed by atoms with van der Waals surface area (Å²) in [4.78, 5) is 16.4. The molecule has 1 saturated heterocycles. The van der Waals surface area contributed by atoms with E-state index in [-0.39, 0.29) is 17.4 Å². The van der Waals surface area contributed by atoms with Gasteiger partial charge in [0.05, 0.1) is 15.8 Å². The molecule has 178 valence electrons. The summed E-state index contributed by atoms with van der Waals surface area (Å²) in [5, 5.41) is 12.1. The summed E-state index contributed by atoms with van der Waals surface area (Å²) in [6.07, 6.45) is 1.93. The van der Waals surface area contributed by atoms with Gasteiger partial charge >= 0.3 is 0 Å². The molecule has 1 N–H and O–H groups in total. The fourth-order valence-electron chi connectivity index (χ4n) is 4.17. The Labute approximate surface area is 204 Å². The smallest absolute Gasteiger partial charge is 0.272 e. The van der Waals surface area contributed by atoms with Gasteiger partial charge in [-0.25, -0.2) is 0 Å². The third-order valence-corrected chi connectivity index (χ3v) is 7.31. The van der Waals surface area contributed by atoms with Crippen LogP contribution < -0.4 is 5.32 Å². The van der Waals surface area contributed by atoms with Crippen molar-refractivity contribution in [3.63, 3.8) is 0 Å². The molecule has 1 aliphatic rings. The standard InChI is InChI=1S/C24H32ClN5O2S/c1-15(2)29-10-8-16(9-11-29)26-23(31)18-13-21(24(3,4)5)30(27-18)14-17-12-19(32-28-17)20-6-7-22(25)33-20/h6-7,12-13,15-16H,8-11,14H2,1-5H3,(H,26,31). The third kappa shape index (κ3) is 5.67. The number of nitrogens with zero attached hydrogens (tertiary/aromatic N) is 4. The molecule has 1 amide bonds. The number of amides is 1. The average molecular weight is 490 g/mol. The summed E-state index contributed by atoms with van der Waals surface area (Å²) in [6.45, 7) is 13.2. The molecule has 0 unspecified atom stereocenters. The molecule has 4 heterocycles. The second-order valence-electron chi connectivity index (χ2n) is 9.99. The first-order valence-corrected chi connectivity index (χ1v) is 12.6. The van der Waals surface area contributed by atoms with Crippen molar-refractivity contribution < 1.29 is 9.32 Å². The molecule has 1 fully saturated rings. The van der Waals surface area contributed by atoms with Gasteiger partial charge in [-0.2, -0.15) is 5.10 Å². The van der Waals surface area contributed by atoms with Crippen LogP contribution >= 0.6 is 22.9 Å². The van der Waals surface area contributed by atoms with E-state index in [1.54, 1.807) is 0 Å². The van der Waals surface area contributed by atoms with Gasteiger partial charge in [0.15, 0.2) is 5.76 Å². The van der Waals surface area contributed by atoms with E-state index in [1.807, 2.05) is 28.9 Å². The number of rotatable bonds is 6. The first-order chi connectivity index (χ1) is 15.6. The monoisotopic (exact) mass is 489 g/mol. The van der Waals surface area contributed by atoms with Gasteiger partial charge in [-0.15, -0.1) is 11.3 Å². The van der Waals surface area contributed by atoms with Crippen LogP contribution in [0.2, 0.25) is 4.34 Å². The van der Waals surface area contributed by atoms with Crippen molar-refractivity contribution in [3.05, 3.63) is 45.7 Å². The SMILES string of the molecule is CC(C)N1CCC(NC(=O)c2cc(C(C)(C)C)n(Cc3cc(-c4ccc(Cl)s4)on3)n2)CC1. The summed E-state index contributed by atoms with van der Waals surface area (Å²) in [6, 6.07) is 8.29. The van der Waals surface area contributed by atoms with Crippen LogP contribution in [0, 0.1) is 0 Å². The first-order valence-electron chi connectivity index (χ1n) is 11.4. The minimum absolute atomic E-state index is 0.115. The normalized spacial score (nSPS) is 16.0. The maximum atomic E-state index is 13.0. The molecule has 0 saturated carbocycles. The Morgan fingerprint density at radius 1 is 1.27 bits per heavy atom. The van der Waals surface area contributed by atoms with E-state index in [1.165, 1.54) is 11.3 Å². The number of thiophene rings is 1. The maximum Gasteiger partial charge on any atom is 0.272 e. The lowest BCUT2D eigenvalue weighted by atomic mass is 9.91. The van der Waals surface area contributed by atoms with Gasteiger partial charge in [0.25, 0.3) is 5.91 Å². The molecule has 7 nitrogen and oxygen atoms in total. The van der Waals surface area contributed by atoms with E-state index >= 15 is 0 Å². The van der Waals surface area contributed by atoms with Crippen LogP contribution in [0.15, 0.2) is 28.8 Å². The zero-order valence-electron chi connectivity index (χ0n) is 19.9. The molecule has 33 heavy (non-hydrogen) atoms. The molecular formula is C24H32ClN5O2S. The predicted octanol–water partition coefficient (Wildman–Crippen LogP) is 5.20. The van der Waals surface area contributed by atoms with Crippen LogP contribution in [0.1, 0.15) is 69.3 Å². The molecule has 0 aromatic carbocycles. The number of likely N-dealkylation sites (tertiary alicyclic amines) is 1. The highest BCUT2D eigenvalue weighted by Crippen LogP contribution is 2.32. The van der Waals surface area contributed by atoms with Crippen LogP contribution in [-0.2, 0) is 12.0 Å². The lowest BCUT2D eigenvalue weighted by Gasteiger charge is -2.34. The number of aromatic nitrogens is 3. The Kier molecular flexibility index (Phi) is 6.98. The molecule has 1 aliphatic heterocycles. The second kappa shape index (κ2) is 9.60. The molecule has 9 heteroatoms. The molecule has 0 spiro atoms. The number of carbonyl (C=O) groups is 1. The predicted molar refractivity (Wildman–Crippen MR) is 132 cm³/mol. The minimum Gasteiger partial charge on any atom is -0.355 e. The van der Waals surface area contributed by atoms with Gasteiger partial charge in [-0.3, -0.25) is 9.48 Å².